The van der Waals surface area contributed by atoms with Crippen molar-refractivity contribution in [1.29, 1.82) is 0 Å². The maximum absolute atomic E-state index is 12.9. The monoisotopic (exact) mass is 400 g/mol. The van der Waals surface area contributed by atoms with Crippen LogP contribution in [0.2, 0.25) is 5.02 Å². The molecule has 0 unspecified atom stereocenters. The van der Waals surface area contributed by atoms with Crippen molar-refractivity contribution in [3.63, 3.8) is 0 Å². The number of allylic oxidation sites excluding steroid dienone is 1. The summed E-state index contributed by atoms with van der Waals surface area (Å²) in [5.74, 6) is -1.86. The minimum absolute atomic E-state index is 0.357. The summed E-state index contributed by atoms with van der Waals surface area (Å²) in [6, 6.07) is 13.2. The Morgan fingerprint density at radius 2 is 1.50 bits per heavy atom. The van der Waals surface area contributed by atoms with E-state index in [1.807, 2.05) is 0 Å². The summed E-state index contributed by atoms with van der Waals surface area (Å²) >= 11 is 5.69. The number of ether oxygens (including phenoxy) is 1. The molecule has 0 fully saturated rings. The van der Waals surface area contributed by atoms with Gasteiger partial charge in [-0.25, -0.2) is 4.39 Å². The van der Waals surface area contributed by atoms with E-state index in [4.69, 9.17) is 16.3 Å². The zero-order chi connectivity index (χ0) is 20.3. The number of carbonyl (C=O) groups excluding carboxylic acids is 1. The molecule has 3 aromatic carbocycles. The van der Waals surface area contributed by atoms with Gasteiger partial charge in [-0.2, -0.15) is 0 Å². The van der Waals surface area contributed by atoms with Gasteiger partial charge in [-0.15, -0.1) is 0 Å². The summed E-state index contributed by atoms with van der Waals surface area (Å²) in [4.78, 5) is 12.3. The quantitative estimate of drug-likeness (QED) is 0.400. The van der Waals surface area contributed by atoms with Crippen molar-refractivity contribution in [2.45, 2.75) is 0 Å². The van der Waals surface area contributed by atoms with Crippen molar-refractivity contribution in [2.24, 2.45) is 0 Å². The lowest BCUT2D eigenvalue weighted by Gasteiger charge is -2.07. The molecule has 3 aromatic rings. The summed E-state index contributed by atoms with van der Waals surface area (Å²) < 4.78 is 18.5. The van der Waals surface area contributed by atoms with Crippen molar-refractivity contribution in [2.75, 3.05) is 0 Å². The molecule has 142 valence electrons. The number of halogens is 2. The largest absolute Gasteiger partial charge is 0.507 e. The first kappa shape index (κ1) is 19.3. The summed E-state index contributed by atoms with van der Waals surface area (Å²) in [6.07, 6.45) is 2.63. The third-order valence-corrected chi connectivity index (χ3v) is 4.17. The topological polar surface area (TPSA) is 87.0 Å². The number of carbonyl (C=O) groups is 1. The Bertz CT molecular complexity index is 1040. The molecule has 0 saturated heterocycles. The Labute approximate surface area is 164 Å². The molecule has 0 heterocycles. The molecule has 0 bridgehead atoms. The van der Waals surface area contributed by atoms with Gasteiger partial charge in [-0.05, 0) is 48.0 Å². The standard InChI is InChI=1S/C21H14ClFO5/c22-20-18(26)11-17(25)19(21(20)27)16(24)10-3-12-1-6-14(7-2-12)28-15-8-4-13(23)5-9-15/h1-11,25-27H. The maximum atomic E-state index is 12.9. The van der Waals surface area contributed by atoms with Crippen molar-refractivity contribution in [3.8, 4) is 28.7 Å². The van der Waals surface area contributed by atoms with Gasteiger partial charge in [-0.3, -0.25) is 4.79 Å². The molecule has 5 nitrogen and oxygen atoms in total. The summed E-state index contributed by atoms with van der Waals surface area (Å²) in [7, 11) is 0. The van der Waals surface area contributed by atoms with Crippen molar-refractivity contribution >= 4 is 23.5 Å². The molecule has 3 rings (SSSR count). The van der Waals surface area contributed by atoms with Crippen LogP contribution < -0.4 is 4.74 Å². The van der Waals surface area contributed by atoms with Gasteiger partial charge < -0.3 is 20.1 Å². The molecule has 0 aliphatic heterocycles. The number of benzene rings is 3. The van der Waals surface area contributed by atoms with E-state index in [2.05, 4.69) is 0 Å². The highest BCUT2D eigenvalue weighted by Gasteiger charge is 2.20. The van der Waals surface area contributed by atoms with Gasteiger partial charge in [0.2, 0.25) is 0 Å². The second-order valence-electron chi connectivity index (χ2n) is 5.78. The van der Waals surface area contributed by atoms with Gasteiger partial charge in [-0.1, -0.05) is 29.8 Å². The number of rotatable bonds is 5. The first-order valence-electron chi connectivity index (χ1n) is 8.04. The third kappa shape index (κ3) is 4.24. The van der Waals surface area contributed by atoms with Crippen LogP contribution in [0.3, 0.4) is 0 Å². The lowest BCUT2D eigenvalue weighted by Crippen LogP contribution is -1.96. The number of ketones is 1. The molecule has 0 amide bonds. The predicted molar refractivity (Wildman–Crippen MR) is 103 cm³/mol. The highest BCUT2D eigenvalue weighted by Crippen LogP contribution is 2.41. The van der Waals surface area contributed by atoms with E-state index in [1.165, 1.54) is 30.3 Å². The van der Waals surface area contributed by atoms with Crippen LogP contribution >= 0.6 is 11.6 Å². The van der Waals surface area contributed by atoms with Gasteiger partial charge in [0, 0.05) is 6.07 Å². The Kier molecular flexibility index (Phi) is 5.52. The van der Waals surface area contributed by atoms with Crippen LogP contribution in [0.25, 0.3) is 6.08 Å². The van der Waals surface area contributed by atoms with E-state index in [-0.39, 0.29) is 5.82 Å². The molecule has 28 heavy (non-hydrogen) atoms. The van der Waals surface area contributed by atoms with Gasteiger partial charge >= 0.3 is 0 Å². The lowest BCUT2D eigenvalue weighted by molar-refractivity contribution is 0.104. The fraction of sp³-hybridized carbons (Fsp3) is 0. The second-order valence-corrected chi connectivity index (χ2v) is 6.15. The molecular formula is C21H14ClFO5. The Morgan fingerprint density at radius 1 is 0.929 bits per heavy atom. The van der Waals surface area contributed by atoms with Crippen LogP contribution in [-0.4, -0.2) is 21.1 Å². The molecule has 0 aliphatic rings. The average molecular weight is 401 g/mol. The van der Waals surface area contributed by atoms with E-state index in [9.17, 15) is 24.5 Å². The average Bonchev–Trinajstić information content (AvgIpc) is 2.67. The number of aromatic hydroxyl groups is 3. The maximum Gasteiger partial charge on any atom is 0.193 e. The van der Waals surface area contributed by atoms with Crippen molar-refractivity contribution < 1.29 is 29.2 Å². The number of phenols is 3. The van der Waals surface area contributed by atoms with Crippen LogP contribution in [0.5, 0.6) is 28.7 Å². The normalized spacial score (nSPS) is 10.9. The molecule has 0 radical (unpaired) electrons. The fourth-order valence-corrected chi connectivity index (χ4v) is 2.55. The van der Waals surface area contributed by atoms with Gasteiger partial charge in [0.15, 0.2) is 11.5 Å². The molecule has 0 spiro atoms. The number of hydrogen-bond acceptors (Lipinski definition) is 5. The minimum atomic E-state index is -0.697. The molecule has 3 N–H and O–H groups in total. The Hall–Kier alpha value is -3.51. The molecule has 0 aromatic heterocycles. The zero-order valence-electron chi connectivity index (χ0n) is 14.3. The molecule has 0 saturated carbocycles. The van der Waals surface area contributed by atoms with E-state index in [1.54, 1.807) is 24.3 Å². The highest BCUT2D eigenvalue weighted by atomic mass is 35.5. The van der Waals surface area contributed by atoms with Crippen LogP contribution in [-0.2, 0) is 0 Å². The molecule has 7 heteroatoms. The zero-order valence-corrected chi connectivity index (χ0v) is 15.0. The van der Waals surface area contributed by atoms with Crippen molar-refractivity contribution in [1.82, 2.24) is 0 Å². The van der Waals surface area contributed by atoms with Crippen LogP contribution in [0.1, 0.15) is 15.9 Å². The first-order valence-corrected chi connectivity index (χ1v) is 8.42. The van der Waals surface area contributed by atoms with Crippen LogP contribution in [0, 0.1) is 5.82 Å². The third-order valence-electron chi connectivity index (χ3n) is 3.80. The van der Waals surface area contributed by atoms with Crippen molar-refractivity contribution in [3.05, 3.63) is 82.6 Å². The fourth-order valence-electron chi connectivity index (χ4n) is 2.40. The Balaban J connectivity index is 1.73. The number of phenolic OH excluding ortho intramolecular Hbond substituents is 3. The van der Waals surface area contributed by atoms with Crippen LogP contribution in [0.4, 0.5) is 4.39 Å². The minimum Gasteiger partial charge on any atom is -0.507 e. The van der Waals surface area contributed by atoms with Crippen LogP contribution in [0.15, 0.2) is 60.7 Å². The summed E-state index contributed by atoms with van der Waals surface area (Å²) in [5.41, 5.74) is 0.249. The van der Waals surface area contributed by atoms with E-state index in [0.29, 0.717) is 17.1 Å². The van der Waals surface area contributed by atoms with Gasteiger partial charge in [0.05, 0.1) is 0 Å². The second kappa shape index (κ2) is 8.02. The van der Waals surface area contributed by atoms with E-state index >= 15 is 0 Å². The van der Waals surface area contributed by atoms with E-state index in [0.717, 1.165) is 12.1 Å². The SMILES string of the molecule is O=C(C=Cc1ccc(Oc2ccc(F)cc2)cc1)c1c(O)cc(O)c(Cl)c1O. The van der Waals surface area contributed by atoms with Gasteiger partial charge in [0.25, 0.3) is 0 Å². The molecular weight excluding hydrogens is 387 g/mol. The Morgan fingerprint density at radius 3 is 2.11 bits per heavy atom. The predicted octanol–water partition coefficient (Wildman–Crippen LogP) is 5.28. The van der Waals surface area contributed by atoms with Gasteiger partial charge in [0.1, 0.15) is 39.4 Å². The summed E-state index contributed by atoms with van der Waals surface area (Å²) in [6.45, 7) is 0. The lowest BCUT2D eigenvalue weighted by atomic mass is 10.1. The highest BCUT2D eigenvalue weighted by molar-refractivity contribution is 6.34. The van der Waals surface area contributed by atoms with E-state index < -0.39 is 33.6 Å². The first-order chi connectivity index (χ1) is 13.3. The number of hydrogen-bond donors (Lipinski definition) is 3. The smallest absolute Gasteiger partial charge is 0.193 e. The molecule has 0 atom stereocenters. The summed E-state index contributed by atoms with van der Waals surface area (Å²) in [5, 5.41) is 28.7. The molecule has 0 aliphatic carbocycles.